The van der Waals surface area contributed by atoms with Crippen molar-refractivity contribution in [2.45, 2.75) is 264 Å². The second kappa shape index (κ2) is 49.2. The minimum absolute atomic E-state index is 0.0687. The third kappa shape index (κ3) is 46.5. The van der Waals surface area contributed by atoms with Crippen LogP contribution in [0.4, 0.5) is 0 Å². The molecule has 0 aliphatic rings. The maximum atomic E-state index is 12.3. The van der Waals surface area contributed by atoms with E-state index < -0.39 is 6.10 Å². The number of ether oxygens (including phenoxy) is 2. The number of esters is 2. The van der Waals surface area contributed by atoms with Crippen LogP contribution >= 0.6 is 0 Å². The Hall–Kier alpha value is -2.14. The molecule has 5 heteroatoms. The number of rotatable bonds is 46. The van der Waals surface area contributed by atoms with Crippen LogP contribution in [0.25, 0.3) is 0 Å². The number of allylic oxidation sites excluding steroid dienone is 8. The lowest BCUT2D eigenvalue weighted by molar-refractivity contribution is -0.161. The molecule has 0 amide bonds. The first-order valence-electron chi connectivity index (χ1n) is 25.2. The molecule has 0 aromatic carbocycles. The smallest absolute Gasteiger partial charge is 0.306 e. The Balaban J connectivity index is 3.48. The number of aliphatic hydroxyl groups is 1. The van der Waals surface area contributed by atoms with Crippen molar-refractivity contribution in [2.75, 3.05) is 13.2 Å². The second-order valence-corrected chi connectivity index (χ2v) is 16.9. The fraction of sp³-hybridized carbons (Fsp3) is 0.811. The molecule has 0 radical (unpaired) electrons. The highest BCUT2D eigenvalue weighted by Gasteiger charge is 2.16. The first-order valence-corrected chi connectivity index (χ1v) is 25.2. The molecule has 0 aliphatic heterocycles. The third-order valence-electron chi connectivity index (χ3n) is 11.1. The number of carbonyl (C=O) groups is 2. The van der Waals surface area contributed by atoms with Gasteiger partial charge in [-0.15, -0.1) is 0 Å². The molecule has 0 heterocycles. The average Bonchev–Trinajstić information content (AvgIpc) is 3.23. The molecule has 5 nitrogen and oxygen atoms in total. The van der Waals surface area contributed by atoms with Gasteiger partial charge in [0, 0.05) is 12.8 Å². The third-order valence-corrected chi connectivity index (χ3v) is 11.1. The minimum atomic E-state index is -0.775. The van der Waals surface area contributed by atoms with E-state index in [0.29, 0.717) is 12.8 Å². The number of unbranched alkanes of at least 4 members (excludes halogenated alkanes) is 30. The van der Waals surface area contributed by atoms with Gasteiger partial charge in [-0.3, -0.25) is 9.59 Å². The summed E-state index contributed by atoms with van der Waals surface area (Å²) in [5, 5.41) is 9.62. The predicted molar refractivity (Wildman–Crippen MR) is 251 cm³/mol. The molecule has 1 N–H and O–H groups in total. The molecule has 0 aromatic rings. The number of carbonyl (C=O) groups excluding carboxylic acids is 2. The Morgan fingerprint density at radius 1 is 0.397 bits per heavy atom. The van der Waals surface area contributed by atoms with Crippen molar-refractivity contribution < 1.29 is 24.2 Å². The van der Waals surface area contributed by atoms with Crippen molar-refractivity contribution in [1.82, 2.24) is 0 Å². The first-order chi connectivity index (χ1) is 28.6. The molecule has 1 atom stereocenters. The van der Waals surface area contributed by atoms with Gasteiger partial charge in [-0.25, -0.2) is 0 Å². The SMILES string of the molecule is CCCCC/C=C\C/C=C\CCCCCCCCCC(=O)OCC(CO)OC(=O)CCCCCCCCCCCCCCCCC/C=C\C/C=C\CCCCCCC. The van der Waals surface area contributed by atoms with E-state index in [-0.39, 0.29) is 25.2 Å². The summed E-state index contributed by atoms with van der Waals surface area (Å²) in [6.45, 7) is 4.12. The highest BCUT2D eigenvalue weighted by Crippen LogP contribution is 2.15. The molecule has 58 heavy (non-hydrogen) atoms. The Bertz CT molecular complexity index is 966. The second-order valence-electron chi connectivity index (χ2n) is 16.9. The molecule has 0 rings (SSSR count). The van der Waals surface area contributed by atoms with E-state index in [1.54, 1.807) is 0 Å². The molecular weight excluding hydrogens is 717 g/mol. The van der Waals surface area contributed by atoms with Gasteiger partial charge < -0.3 is 14.6 Å². The number of aliphatic hydroxyl groups excluding tert-OH is 1. The van der Waals surface area contributed by atoms with Gasteiger partial charge in [0.25, 0.3) is 0 Å². The van der Waals surface area contributed by atoms with Gasteiger partial charge in [0.1, 0.15) is 6.61 Å². The van der Waals surface area contributed by atoms with E-state index in [9.17, 15) is 14.7 Å². The summed E-state index contributed by atoms with van der Waals surface area (Å²) in [6, 6.07) is 0. The lowest BCUT2D eigenvalue weighted by Crippen LogP contribution is -2.28. The zero-order valence-corrected chi connectivity index (χ0v) is 38.6. The topological polar surface area (TPSA) is 72.8 Å². The number of hydrogen-bond donors (Lipinski definition) is 1. The van der Waals surface area contributed by atoms with Crippen LogP contribution in [0.15, 0.2) is 48.6 Å². The van der Waals surface area contributed by atoms with E-state index in [4.69, 9.17) is 9.47 Å². The van der Waals surface area contributed by atoms with Crippen molar-refractivity contribution in [3.05, 3.63) is 48.6 Å². The molecule has 0 saturated carbocycles. The molecule has 0 fully saturated rings. The van der Waals surface area contributed by atoms with Gasteiger partial charge in [-0.05, 0) is 77.0 Å². The standard InChI is InChI=1S/C53H96O5/c1-3-5-7-9-11-13-15-17-19-21-22-23-24-25-26-27-28-29-30-32-34-36-38-40-42-44-46-48-53(56)58-51(49-54)50-57-52(55)47-45-43-41-39-37-35-33-31-20-18-16-14-12-10-8-6-4-2/h12,14-15,17-18,20-22,51,54H,3-11,13,16,19,23-50H2,1-2H3/b14-12-,17-15-,20-18-,22-21-. The van der Waals surface area contributed by atoms with Crippen LogP contribution in [0, 0.1) is 0 Å². The van der Waals surface area contributed by atoms with E-state index in [2.05, 4.69) is 62.5 Å². The van der Waals surface area contributed by atoms with Crippen molar-refractivity contribution in [1.29, 1.82) is 0 Å². The van der Waals surface area contributed by atoms with E-state index in [1.807, 2.05) is 0 Å². The first kappa shape index (κ1) is 55.9. The van der Waals surface area contributed by atoms with Crippen molar-refractivity contribution in [3.8, 4) is 0 Å². The summed E-state index contributed by atoms with van der Waals surface area (Å²) in [4.78, 5) is 24.4. The Morgan fingerprint density at radius 2 is 0.690 bits per heavy atom. The zero-order valence-electron chi connectivity index (χ0n) is 38.6. The Kier molecular flexibility index (Phi) is 47.4. The summed E-state index contributed by atoms with van der Waals surface area (Å²) >= 11 is 0. The molecule has 0 saturated heterocycles. The van der Waals surface area contributed by atoms with Crippen LogP contribution in [0.5, 0.6) is 0 Å². The maximum Gasteiger partial charge on any atom is 0.306 e. The molecule has 1 unspecified atom stereocenters. The highest BCUT2D eigenvalue weighted by atomic mass is 16.6. The lowest BCUT2D eigenvalue weighted by Gasteiger charge is -2.15. The monoisotopic (exact) mass is 813 g/mol. The van der Waals surface area contributed by atoms with Crippen LogP contribution in [0.3, 0.4) is 0 Å². The molecular formula is C53H96O5. The molecule has 0 spiro atoms. The Morgan fingerprint density at radius 3 is 1.05 bits per heavy atom. The fourth-order valence-corrected chi connectivity index (χ4v) is 7.26. The van der Waals surface area contributed by atoms with Crippen LogP contribution in [0.1, 0.15) is 258 Å². The van der Waals surface area contributed by atoms with Crippen LogP contribution in [-0.4, -0.2) is 36.4 Å². The normalized spacial score (nSPS) is 12.5. The summed E-state index contributed by atoms with van der Waals surface area (Å²) in [5.74, 6) is -0.592. The highest BCUT2D eigenvalue weighted by molar-refractivity contribution is 5.70. The van der Waals surface area contributed by atoms with Gasteiger partial charge >= 0.3 is 11.9 Å². The van der Waals surface area contributed by atoms with Gasteiger partial charge in [-0.1, -0.05) is 217 Å². The Labute approximate surface area is 360 Å². The van der Waals surface area contributed by atoms with Gasteiger partial charge in [0.05, 0.1) is 6.61 Å². The fourth-order valence-electron chi connectivity index (χ4n) is 7.26. The van der Waals surface area contributed by atoms with Crippen LogP contribution in [-0.2, 0) is 19.1 Å². The maximum absolute atomic E-state index is 12.3. The zero-order chi connectivity index (χ0) is 42.1. The van der Waals surface area contributed by atoms with E-state index >= 15 is 0 Å². The summed E-state index contributed by atoms with van der Waals surface area (Å²) in [6.07, 6.45) is 63.4. The molecule has 0 bridgehead atoms. The average molecular weight is 813 g/mol. The van der Waals surface area contributed by atoms with Crippen LogP contribution < -0.4 is 0 Å². The summed E-state index contributed by atoms with van der Waals surface area (Å²) in [5.41, 5.74) is 0. The van der Waals surface area contributed by atoms with Crippen molar-refractivity contribution in [2.24, 2.45) is 0 Å². The summed E-state index contributed by atoms with van der Waals surface area (Å²) < 4.78 is 10.7. The van der Waals surface area contributed by atoms with Gasteiger partial charge in [0.15, 0.2) is 6.10 Å². The molecule has 0 aromatic heterocycles. The van der Waals surface area contributed by atoms with E-state index in [1.165, 1.54) is 173 Å². The van der Waals surface area contributed by atoms with Gasteiger partial charge in [0.2, 0.25) is 0 Å². The van der Waals surface area contributed by atoms with Crippen molar-refractivity contribution in [3.63, 3.8) is 0 Å². The predicted octanol–water partition coefficient (Wildman–Crippen LogP) is 16.5. The quantitative estimate of drug-likeness (QED) is 0.0376. The van der Waals surface area contributed by atoms with Crippen molar-refractivity contribution >= 4 is 11.9 Å². The van der Waals surface area contributed by atoms with E-state index in [0.717, 1.165) is 57.8 Å². The lowest BCUT2D eigenvalue weighted by atomic mass is 10.0. The molecule has 0 aliphatic carbocycles. The number of hydrogen-bond acceptors (Lipinski definition) is 5. The van der Waals surface area contributed by atoms with Crippen LogP contribution in [0.2, 0.25) is 0 Å². The minimum Gasteiger partial charge on any atom is -0.462 e. The summed E-state index contributed by atoms with van der Waals surface area (Å²) in [7, 11) is 0. The largest absolute Gasteiger partial charge is 0.462 e. The molecule has 338 valence electrons. The van der Waals surface area contributed by atoms with Gasteiger partial charge in [-0.2, -0.15) is 0 Å².